The zero-order chi connectivity index (χ0) is 9.40. The standard InChI is InChI=1S/C11H25N.ClH/c1-4-7-11(9-12)8-10(5-2)6-3;/h10-11H,4-9,12H2,1-3H3;1H. The Morgan fingerprint density at radius 1 is 1.00 bits per heavy atom. The number of nitrogens with two attached hydrogens (primary N) is 1. The molecule has 0 aliphatic carbocycles. The first-order chi connectivity index (χ1) is 5.78. The molecule has 0 aromatic carbocycles. The molecule has 1 unspecified atom stereocenters. The molecule has 0 bridgehead atoms. The van der Waals surface area contributed by atoms with Gasteiger partial charge in [-0.1, -0.05) is 40.0 Å². The Kier molecular flexibility index (Phi) is 12.5. The van der Waals surface area contributed by atoms with Crippen molar-refractivity contribution in [1.29, 1.82) is 0 Å². The van der Waals surface area contributed by atoms with Gasteiger partial charge in [0.15, 0.2) is 0 Å². The van der Waals surface area contributed by atoms with E-state index in [4.69, 9.17) is 5.73 Å². The van der Waals surface area contributed by atoms with Crippen LogP contribution in [0.2, 0.25) is 0 Å². The summed E-state index contributed by atoms with van der Waals surface area (Å²) in [5.74, 6) is 1.69. The largest absolute Gasteiger partial charge is 0.330 e. The molecule has 2 N–H and O–H groups in total. The van der Waals surface area contributed by atoms with Crippen LogP contribution in [0.4, 0.5) is 0 Å². The molecule has 0 rings (SSSR count). The molecule has 0 aliphatic heterocycles. The molecule has 0 aliphatic rings. The molecule has 0 radical (unpaired) electrons. The van der Waals surface area contributed by atoms with Crippen LogP contribution in [0, 0.1) is 11.8 Å². The third-order valence-corrected chi connectivity index (χ3v) is 2.85. The van der Waals surface area contributed by atoms with Gasteiger partial charge in [0.1, 0.15) is 0 Å². The summed E-state index contributed by atoms with van der Waals surface area (Å²) in [6, 6.07) is 0. The van der Waals surface area contributed by atoms with Crippen LogP contribution in [-0.2, 0) is 0 Å². The summed E-state index contributed by atoms with van der Waals surface area (Å²) < 4.78 is 0. The molecule has 2 heteroatoms. The van der Waals surface area contributed by atoms with Crippen molar-refractivity contribution in [3.8, 4) is 0 Å². The molecule has 0 fully saturated rings. The van der Waals surface area contributed by atoms with Gasteiger partial charge in [-0.3, -0.25) is 0 Å². The van der Waals surface area contributed by atoms with Crippen molar-refractivity contribution >= 4 is 12.4 Å². The van der Waals surface area contributed by atoms with Crippen molar-refractivity contribution in [3.63, 3.8) is 0 Å². The first kappa shape index (κ1) is 15.7. The lowest BCUT2D eigenvalue weighted by Crippen LogP contribution is -2.17. The molecule has 0 saturated heterocycles. The molecule has 0 spiro atoms. The van der Waals surface area contributed by atoms with E-state index in [0.29, 0.717) is 0 Å². The van der Waals surface area contributed by atoms with Crippen molar-refractivity contribution in [1.82, 2.24) is 0 Å². The average Bonchev–Trinajstić information content (AvgIpc) is 2.12. The average molecular weight is 208 g/mol. The third-order valence-electron chi connectivity index (χ3n) is 2.85. The minimum Gasteiger partial charge on any atom is -0.330 e. The fraction of sp³-hybridized carbons (Fsp3) is 1.00. The number of rotatable bonds is 7. The molecule has 0 saturated carbocycles. The van der Waals surface area contributed by atoms with E-state index in [1.54, 1.807) is 0 Å². The molecule has 0 aromatic rings. The van der Waals surface area contributed by atoms with E-state index in [0.717, 1.165) is 18.4 Å². The van der Waals surface area contributed by atoms with Gasteiger partial charge in [-0.2, -0.15) is 0 Å². The van der Waals surface area contributed by atoms with E-state index in [-0.39, 0.29) is 12.4 Å². The maximum atomic E-state index is 5.72. The quantitative estimate of drug-likeness (QED) is 0.678. The highest BCUT2D eigenvalue weighted by Crippen LogP contribution is 2.21. The SMILES string of the molecule is CCCC(CN)CC(CC)CC.Cl. The monoisotopic (exact) mass is 207 g/mol. The Balaban J connectivity index is 0. The number of hydrogen-bond acceptors (Lipinski definition) is 1. The van der Waals surface area contributed by atoms with Gasteiger partial charge in [0, 0.05) is 0 Å². The molecular weight excluding hydrogens is 182 g/mol. The van der Waals surface area contributed by atoms with Crippen LogP contribution in [0.3, 0.4) is 0 Å². The Hall–Kier alpha value is 0.250. The maximum absolute atomic E-state index is 5.72. The van der Waals surface area contributed by atoms with Crippen molar-refractivity contribution in [2.45, 2.75) is 52.9 Å². The maximum Gasteiger partial charge on any atom is -0.00488 e. The van der Waals surface area contributed by atoms with E-state index >= 15 is 0 Å². The van der Waals surface area contributed by atoms with Gasteiger partial charge in [-0.25, -0.2) is 0 Å². The van der Waals surface area contributed by atoms with E-state index in [2.05, 4.69) is 20.8 Å². The zero-order valence-corrected chi connectivity index (χ0v) is 10.2. The Morgan fingerprint density at radius 3 is 1.85 bits per heavy atom. The Bertz CT molecular complexity index is 92.1. The summed E-state index contributed by atoms with van der Waals surface area (Å²) in [7, 11) is 0. The second-order valence-corrected chi connectivity index (χ2v) is 3.81. The summed E-state index contributed by atoms with van der Waals surface area (Å²) in [6.07, 6.45) is 6.57. The summed E-state index contributed by atoms with van der Waals surface area (Å²) in [5, 5.41) is 0. The molecule has 1 nitrogen and oxygen atoms in total. The van der Waals surface area contributed by atoms with E-state index < -0.39 is 0 Å². The predicted octanol–water partition coefficient (Wildman–Crippen LogP) is 3.61. The molecule has 1 atom stereocenters. The fourth-order valence-electron chi connectivity index (χ4n) is 1.83. The van der Waals surface area contributed by atoms with Crippen LogP contribution in [-0.4, -0.2) is 6.54 Å². The molecule has 0 aromatic heterocycles. The minimum atomic E-state index is 0. The Morgan fingerprint density at radius 2 is 1.54 bits per heavy atom. The molecule has 13 heavy (non-hydrogen) atoms. The normalized spacial score (nSPS) is 12.7. The van der Waals surface area contributed by atoms with Crippen LogP contribution in [0.25, 0.3) is 0 Å². The van der Waals surface area contributed by atoms with Crippen LogP contribution in [0.5, 0.6) is 0 Å². The van der Waals surface area contributed by atoms with Gasteiger partial charge in [0.05, 0.1) is 0 Å². The van der Waals surface area contributed by atoms with Gasteiger partial charge < -0.3 is 5.73 Å². The van der Waals surface area contributed by atoms with Gasteiger partial charge >= 0.3 is 0 Å². The second-order valence-electron chi connectivity index (χ2n) is 3.81. The molecule has 82 valence electrons. The first-order valence-electron chi connectivity index (χ1n) is 5.48. The third kappa shape index (κ3) is 7.33. The smallest absolute Gasteiger partial charge is 0.00488 e. The summed E-state index contributed by atoms with van der Waals surface area (Å²) in [4.78, 5) is 0. The van der Waals surface area contributed by atoms with Crippen LogP contribution in [0.1, 0.15) is 52.9 Å². The van der Waals surface area contributed by atoms with E-state index in [1.807, 2.05) is 0 Å². The summed E-state index contributed by atoms with van der Waals surface area (Å²) in [5.41, 5.74) is 5.72. The van der Waals surface area contributed by atoms with Crippen molar-refractivity contribution in [2.24, 2.45) is 17.6 Å². The van der Waals surface area contributed by atoms with Crippen molar-refractivity contribution < 1.29 is 0 Å². The predicted molar refractivity (Wildman–Crippen MR) is 63.4 cm³/mol. The molecular formula is C11H26ClN. The van der Waals surface area contributed by atoms with Crippen LogP contribution in [0.15, 0.2) is 0 Å². The molecule has 0 amide bonds. The zero-order valence-electron chi connectivity index (χ0n) is 9.38. The van der Waals surface area contributed by atoms with Crippen LogP contribution >= 0.6 is 12.4 Å². The van der Waals surface area contributed by atoms with Crippen molar-refractivity contribution in [2.75, 3.05) is 6.54 Å². The minimum absolute atomic E-state index is 0. The number of hydrogen-bond donors (Lipinski definition) is 1. The topological polar surface area (TPSA) is 26.0 Å². The van der Waals surface area contributed by atoms with Crippen LogP contribution < -0.4 is 5.73 Å². The lowest BCUT2D eigenvalue weighted by Gasteiger charge is -2.19. The summed E-state index contributed by atoms with van der Waals surface area (Å²) >= 11 is 0. The number of halogens is 1. The summed E-state index contributed by atoms with van der Waals surface area (Å²) in [6.45, 7) is 7.70. The van der Waals surface area contributed by atoms with E-state index in [9.17, 15) is 0 Å². The lowest BCUT2D eigenvalue weighted by molar-refractivity contribution is 0.341. The fourth-order valence-corrected chi connectivity index (χ4v) is 1.83. The highest BCUT2D eigenvalue weighted by atomic mass is 35.5. The van der Waals surface area contributed by atoms with Crippen molar-refractivity contribution in [3.05, 3.63) is 0 Å². The highest BCUT2D eigenvalue weighted by molar-refractivity contribution is 5.85. The van der Waals surface area contributed by atoms with Gasteiger partial charge in [0.2, 0.25) is 0 Å². The second kappa shape index (κ2) is 10.3. The van der Waals surface area contributed by atoms with E-state index in [1.165, 1.54) is 32.1 Å². The first-order valence-corrected chi connectivity index (χ1v) is 5.48. The highest BCUT2D eigenvalue weighted by Gasteiger charge is 2.11. The molecule has 0 heterocycles. The van der Waals surface area contributed by atoms with Gasteiger partial charge in [0.25, 0.3) is 0 Å². The Labute approximate surface area is 89.9 Å². The van der Waals surface area contributed by atoms with Gasteiger partial charge in [-0.15, -0.1) is 12.4 Å². The van der Waals surface area contributed by atoms with Gasteiger partial charge in [-0.05, 0) is 31.2 Å². The lowest BCUT2D eigenvalue weighted by atomic mass is 9.88.